The molecule has 0 radical (unpaired) electrons. The Kier molecular flexibility index (Phi) is 3.06. The third-order valence-corrected chi connectivity index (χ3v) is 3.33. The summed E-state index contributed by atoms with van der Waals surface area (Å²) in [5.41, 5.74) is 6.02. The summed E-state index contributed by atoms with van der Waals surface area (Å²) in [6, 6.07) is 0.564. The van der Waals surface area contributed by atoms with Gasteiger partial charge in [0.15, 0.2) is 0 Å². The molecule has 0 aromatic carbocycles. The zero-order valence-corrected chi connectivity index (χ0v) is 8.67. The summed E-state index contributed by atoms with van der Waals surface area (Å²) >= 11 is 0. The molecule has 2 aliphatic rings. The standard InChI is InChI=1S/C11H20N2O/c12-10-5-3-1-2-4-9(10)11(14)13-8-6-7-8/h8-10H,1-7,12H2,(H,13,14). The van der Waals surface area contributed by atoms with Gasteiger partial charge in [0.05, 0.1) is 5.92 Å². The van der Waals surface area contributed by atoms with Crippen molar-refractivity contribution in [2.45, 2.75) is 57.0 Å². The van der Waals surface area contributed by atoms with Crippen LogP contribution < -0.4 is 11.1 Å². The maximum Gasteiger partial charge on any atom is 0.224 e. The molecule has 80 valence electrons. The first-order valence-corrected chi connectivity index (χ1v) is 5.83. The molecule has 0 aromatic heterocycles. The molecular weight excluding hydrogens is 176 g/mol. The molecule has 3 N–H and O–H groups in total. The highest BCUT2D eigenvalue weighted by Gasteiger charge is 2.31. The third-order valence-electron chi connectivity index (χ3n) is 3.33. The Balaban J connectivity index is 1.87. The fourth-order valence-corrected chi connectivity index (χ4v) is 2.20. The van der Waals surface area contributed by atoms with Gasteiger partial charge in [0.1, 0.15) is 0 Å². The molecular formula is C11H20N2O. The van der Waals surface area contributed by atoms with E-state index in [9.17, 15) is 4.79 Å². The molecule has 0 aromatic rings. The fraction of sp³-hybridized carbons (Fsp3) is 0.909. The van der Waals surface area contributed by atoms with Gasteiger partial charge in [0.25, 0.3) is 0 Å². The second-order valence-electron chi connectivity index (χ2n) is 4.69. The summed E-state index contributed by atoms with van der Waals surface area (Å²) in [5.74, 6) is 0.292. The lowest BCUT2D eigenvalue weighted by molar-refractivity contribution is -0.125. The predicted molar refractivity (Wildman–Crippen MR) is 55.7 cm³/mol. The van der Waals surface area contributed by atoms with Crippen molar-refractivity contribution < 1.29 is 4.79 Å². The van der Waals surface area contributed by atoms with Crippen molar-refractivity contribution in [3.05, 3.63) is 0 Å². The molecule has 14 heavy (non-hydrogen) atoms. The van der Waals surface area contributed by atoms with E-state index in [1.165, 1.54) is 12.8 Å². The van der Waals surface area contributed by atoms with Gasteiger partial charge in [0.2, 0.25) is 5.91 Å². The van der Waals surface area contributed by atoms with Crippen LogP contribution >= 0.6 is 0 Å². The summed E-state index contributed by atoms with van der Waals surface area (Å²) in [6.45, 7) is 0. The highest BCUT2D eigenvalue weighted by atomic mass is 16.2. The molecule has 2 rings (SSSR count). The van der Waals surface area contributed by atoms with E-state index in [0.717, 1.165) is 32.1 Å². The van der Waals surface area contributed by atoms with Crippen LogP contribution in [0.4, 0.5) is 0 Å². The van der Waals surface area contributed by atoms with Crippen LogP contribution in [0.3, 0.4) is 0 Å². The molecule has 0 saturated heterocycles. The number of carbonyl (C=O) groups is 1. The molecule has 3 nitrogen and oxygen atoms in total. The highest BCUT2D eigenvalue weighted by molar-refractivity contribution is 5.80. The van der Waals surface area contributed by atoms with Crippen molar-refractivity contribution in [2.24, 2.45) is 11.7 Å². The molecule has 0 spiro atoms. The van der Waals surface area contributed by atoms with E-state index in [1.807, 2.05) is 0 Å². The molecule has 0 aliphatic heterocycles. The van der Waals surface area contributed by atoms with E-state index < -0.39 is 0 Å². The van der Waals surface area contributed by atoms with Gasteiger partial charge in [-0.25, -0.2) is 0 Å². The first kappa shape index (κ1) is 9.97. The first-order valence-electron chi connectivity index (χ1n) is 5.83. The fourth-order valence-electron chi connectivity index (χ4n) is 2.20. The van der Waals surface area contributed by atoms with E-state index in [1.54, 1.807) is 0 Å². The van der Waals surface area contributed by atoms with Crippen molar-refractivity contribution in [3.8, 4) is 0 Å². The number of rotatable bonds is 2. The molecule has 0 bridgehead atoms. The molecule has 2 fully saturated rings. The topological polar surface area (TPSA) is 55.1 Å². The SMILES string of the molecule is NC1CCCCCC1C(=O)NC1CC1. The Labute approximate surface area is 85.4 Å². The van der Waals surface area contributed by atoms with E-state index in [-0.39, 0.29) is 17.9 Å². The Hall–Kier alpha value is -0.570. The summed E-state index contributed by atoms with van der Waals surface area (Å²) in [4.78, 5) is 11.8. The molecule has 1 amide bonds. The van der Waals surface area contributed by atoms with Crippen molar-refractivity contribution in [1.29, 1.82) is 0 Å². The molecule has 0 heterocycles. The largest absolute Gasteiger partial charge is 0.353 e. The van der Waals surface area contributed by atoms with Gasteiger partial charge in [-0.1, -0.05) is 19.3 Å². The zero-order valence-electron chi connectivity index (χ0n) is 8.67. The van der Waals surface area contributed by atoms with E-state index in [2.05, 4.69) is 5.32 Å². The third kappa shape index (κ3) is 2.47. The zero-order chi connectivity index (χ0) is 9.97. The quantitative estimate of drug-likeness (QED) is 0.651. The minimum Gasteiger partial charge on any atom is -0.353 e. The number of nitrogens with one attached hydrogen (secondary N) is 1. The van der Waals surface area contributed by atoms with Crippen molar-refractivity contribution >= 4 is 5.91 Å². The lowest BCUT2D eigenvalue weighted by Gasteiger charge is -2.20. The highest BCUT2D eigenvalue weighted by Crippen LogP contribution is 2.25. The van der Waals surface area contributed by atoms with E-state index >= 15 is 0 Å². The van der Waals surface area contributed by atoms with Crippen molar-refractivity contribution in [2.75, 3.05) is 0 Å². The Morgan fingerprint density at radius 1 is 1.07 bits per heavy atom. The summed E-state index contributed by atoms with van der Waals surface area (Å²) in [6.07, 6.45) is 7.91. The van der Waals surface area contributed by atoms with Crippen LogP contribution in [0.25, 0.3) is 0 Å². The number of carbonyl (C=O) groups excluding carboxylic acids is 1. The van der Waals surface area contributed by atoms with Gasteiger partial charge in [-0.15, -0.1) is 0 Å². The van der Waals surface area contributed by atoms with Gasteiger partial charge < -0.3 is 11.1 Å². The van der Waals surface area contributed by atoms with Crippen molar-refractivity contribution in [1.82, 2.24) is 5.32 Å². The van der Waals surface area contributed by atoms with Gasteiger partial charge in [-0.05, 0) is 25.7 Å². The van der Waals surface area contributed by atoms with Gasteiger partial charge >= 0.3 is 0 Å². The number of hydrogen-bond acceptors (Lipinski definition) is 2. The van der Waals surface area contributed by atoms with Crippen LogP contribution in [0.5, 0.6) is 0 Å². The molecule has 3 heteroatoms. The second-order valence-corrected chi connectivity index (χ2v) is 4.69. The maximum absolute atomic E-state index is 11.8. The summed E-state index contributed by atoms with van der Waals surface area (Å²) in [7, 11) is 0. The Morgan fingerprint density at radius 3 is 2.50 bits per heavy atom. The molecule has 2 unspecified atom stereocenters. The number of amides is 1. The Bertz CT molecular complexity index is 213. The number of hydrogen-bond donors (Lipinski definition) is 2. The molecule has 2 atom stereocenters. The number of nitrogens with two attached hydrogens (primary N) is 1. The maximum atomic E-state index is 11.8. The van der Waals surface area contributed by atoms with Crippen LogP contribution in [0.2, 0.25) is 0 Å². The van der Waals surface area contributed by atoms with Crippen molar-refractivity contribution in [3.63, 3.8) is 0 Å². The van der Waals surface area contributed by atoms with E-state index in [4.69, 9.17) is 5.73 Å². The summed E-state index contributed by atoms with van der Waals surface area (Å²) in [5, 5.41) is 3.06. The predicted octanol–water partition coefficient (Wildman–Crippen LogP) is 1.17. The minimum absolute atomic E-state index is 0.0816. The average Bonchev–Trinajstić information content (AvgIpc) is 2.93. The second kappa shape index (κ2) is 4.30. The summed E-state index contributed by atoms with van der Waals surface area (Å²) < 4.78 is 0. The van der Waals surface area contributed by atoms with Crippen LogP contribution in [-0.4, -0.2) is 18.0 Å². The van der Waals surface area contributed by atoms with E-state index in [0.29, 0.717) is 6.04 Å². The van der Waals surface area contributed by atoms with Gasteiger partial charge in [-0.2, -0.15) is 0 Å². The lowest BCUT2D eigenvalue weighted by atomic mass is 9.94. The Morgan fingerprint density at radius 2 is 1.79 bits per heavy atom. The average molecular weight is 196 g/mol. The smallest absolute Gasteiger partial charge is 0.224 e. The van der Waals surface area contributed by atoms with Crippen LogP contribution in [0, 0.1) is 5.92 Å². The van der Waals surface area contributed by atoms with Crippen LogP contribution in [0.15, 0.2) is 0 Å². The monoisotopic (exact) mass is 196 g/mol. The lowest BCUT2D eigenvalue weighted by Crippen LogP contribution is -2.42. The molecule has 2 aliphatic carbocycles. The first-order chi connectivity index (χ1) is 6.77. The van der Waals surface area contributed by atoms with Gasteiger partial charge in [0, 0.05) is 12.1 Å². The van der Waals surface area contributed by atoms with Crippen LogP contribution in [-0.2, 0) is 4.79 Å². The molecule has 2 saturated carbocycles. The normalized spacial score (nSPS) is 33.5. The minimum atomic E-state index is 0.0816. The van der Waals surface area contributed by atoms with Crippen LogP contribution in [0.1, 0.15) is 44.9 Å². The van der Waals surface area contributed by atoms with Gasteiger partial charge in [-0.3, -0.25) is 4.79 Å².